The molecule has 3 nitrogen and oxygen atoms in total. The summed E-state index contributed by atoms with van der Waals surface area (Å²) in [5.74, 6) is -0.00301. The van der Waals surface area contributed by atoms with E-state index in [0.717, 1.165) is 32.2 Å². The first-order valence-corrected chi connectivity index (χ1v) is 6.96. The Morgan fingerprint density at radius 1 is 1.47 bits per heavy atom. The Bertz CT molecular complexity index is 176. The lowest BCUT2D eigenvalue weighted by Crippen LogP contribution is -2.41. The highest BCUT2D eigenvalue weighted by atomic mass is 32.2. The molecule has 1 amide bonds. The van der Waals surface area contributed by atoms with Crippen LogP contribution >= 0.6 is 11.8 Å². The standard InChI is InChI=1S/C11H24N2OS/c1-4-5-6-10(12)11(14)13-8-7-9(2)15-3/h9-10H,4-8,12H2,1-3H3,(H,13,14)/t9?,10-/m0/s1. The van der Waals surface area contributed by atoms with Crippen molar-refractivity contribution >= 4 is 17.7 Å². The number of nitrogens with two attached hydrogens (primary N) is 1. The van der Waals surface area contributed by atoms with E-state index < -0.39 is 0 Å². The van der Waals surface area contributed by atoms with Crippen LogP contribution in [0.25, 0.3) is 0 Å². The fourth-order valence-corrected chi connectivity index (χ4v) is 1.56. The zero-order chi connectivity index (χ0) is 11.7. The lowest BCUT2D eigenvalue weighted by atomic mass is 10.1. The van der Waals surface area contributed by atoms with Gasteiger partial charge >= 0.3 is 0 Å². The Kier molecular flexibility index (Phi) is 8.91. The van der Waals surface area contributed by atoms with Gasteiger partial charge in [-0.05, 0) is 19.1 Å². The Morgan fingerprint density at radius 3 is 2.67 bits per heavy atom. The maximum atomic E-state index is 11.5. The number of hydrogen-bond acceptors (Lipinski definition) is 3. The van der Waals surface area contributed by atoms with Gasteiger partial charge in [0.1, 0.15) is 0 Å². The number of rotatable bonds is 8. The van der Waals surface area contributed by atoms with Crippen molar-refractivity contribution < 1.29 is 4.79 Å². The average molecular weight is 232 g/mol. The van der Waals surface area contributed by atoms with Crippen molar-refractivity contribution in [2.24, 2.45) is 5.73 Å². The van der Waals surface area contributed by atoms with E-state index in [2.05, 4.69) is 25.4 Å². The Hall–Kier alpha value is -0.220. The number of carbonyl (C=O) groups excluding carboxylic acids is 1. The summed E-state index contributed by atoms with van der Waals surface area (Å²) in [6.07, 6.45) is 5.99. The molecular formula is C11H24N2OS. The number of nitrogens with one attached hydrogen (secondary N) is 1. The van der Waals surface area contributed by atoms with Crippen LogP contribution in [0.1, 0.15) is 39.5 Å². The molecule has 0 saturated carbocycles. The number of thioether (sulfide) groups is 1. The first-order chi connectivity index (χ1) is 7.11. The van der Waals surface area contributed by atoms with E-state index in [-0.39, 0.29) is 11.9 Å². The van der Waals surface area contributed by atoms with Crippen molar-refractivity contribution in [1.82, 2.24) is 5.32 Å². The maximum Gasteiger partial charge on any atom is 0.236 e. The summed E-state index contributed by atoms with van der Waals surface area (Å²) in [7, 11) is 0. The minimum absolute atomic E-state index is 0.00301. The second-order valence-electron chi connectivity index (χ2n) is 3.87. The maximum absolute atomic E-state index is 11.5. The van der Waals surface area contributed by atoms with Crippen LogP contribution in [0, 0.1) is 0 Å². The molecule has 2 atom stereocenters. The average Bonchev–Trinajstić information content (AvgIpc) is 2.25. The van der Waals surface area contributed by atoms with E-state index in [9.17, 15) is 4.79 Å². The van der Waals surface area contributed by atoms with Crippen molar-refractivity contribution in [2.75, 3.05) is 12.8 Å². The predicted octanol–water partition coefficient (Wildman–Crippen LogP) is 1.76. The molecule has 0 aromatic heterocycles. The van der Waals surface area contributed by atoms with Crippen LogP contribution in [0.3, 0.4) is 0 Å². The first kappa shape index (κ1) is 14.8. The van der Waals surface area contributed by atoms with E-state index in [0.29, 0.717) is 5.25 Å². The molecule has 3 N–H and O–H groups in total. The molecule has 0 spiro atoms. The van der Waals surface area contributed by atoms with Gasteiger partial charge in [-0.2, -0.15) is 11.8 Å². The third-order valence-electron chi connectivity index (χ3n) is 2.46. The van der Waals surface area contributed by atoms with Crippen LogP contribution < -0.4 is 11.1 Å². The molecule has 0 aliphatic heterocycles. The monoisotopic (exact) mass is 232 g/mol. The lowest BCUT2D eigenvalue weighted by molar-refractivity contribution is -0.122. The lowest BCUT2D eigenvalue weighted by Gasteiger charge is -2.13. The molecule has 0 radical (unpaired) electrons. The smallest absolute Gasteiger partial charge is 0.236 e. The van der Waals surface area contributed by atoms with Gasteiger partial charge in [0, 0.05) is 11.8 Å². The molecule has 90 valence electrons. The topological polar surface area (TPSA) is 55.1 Å². The summed E-state index contributed by atoms with van der Waals surface area (Å²) in [6.45, 7) is 5.00. The second-order valence-corrected chi connectivity index (χ2v) is 5.15. The first-order valence-electron chi connectivity index (χ1n) is 5.67. The second kappa shape index (κ2) is 9.04. The van der Waals surface area contributed by atoms with Gasteiger partial charge in [0.05, 0.1) is 6.04 Å². The Labute approximate surface area is 97.6 Å². The number of amides is 1. The van der Waals surface area contributed by atoms with Crippen LogP contribution in [0.2, 0.25) is 0 Å². The molecule has 0 aliphatic carbocycles. The van der Waals surface area contributed by atoms with Crippen LogP contribution in [-0.2, 0) is 4.79 Å². The highest BCUT2D eigenvalue weighted by molar-refractivity contribution is 7.99. The van der Waals surface area contributed by atoms with Gasteiger partial charge < -0.3 is 11.1 Å². The van der Waals surface area contributed by atoms with E-state index in [1.54, 1.807) is 0 Å². The zero-order valence-corrected chi connectivity index (χ0v) is 10.9. The molecular weight excluding hydrogens is 208 g/mol. The largest absolute Gasteiger partial charge is 0.355 e. The quantitative estimate of drug-likeness (QED) is 0.670. The number of carbonyl (C=O) groups is 1. The van der Waals surface area contributed by atoms with Crippen molar-refractivity contribution in [3.05, 3.63) is 0 Å². The molecule has 15 heavy (non-hydrogen) atoms. The minimum atomic E-state index is -0.325. The summed E-state index contributed by atoms with van der Waals surface area (Å²) in [4.78, 5) is 11.5. The van der Waals surface area contributed by atoms with Crippen molar-refractivity contribution in [3.8, 4) is 0 Å². The fourth-order valence-electron chi connectivity index (χ4n) is 1.20. The number of unbranched alkanes of at least 4 members (excludes halogenated alkanes) is 1. The molecule has 0 aromatic rings. The van der Waals surface area contributed by atoms with Crippen LogP contribution in [0.4, 0.5) is 0 Å². The van der Waals surface area contributed by atoms with Gasteiger partial charge in [-0.15, -0.1) is 0 Å². The van der Waals surface area contributed by atoms with Gasteiger partial charge in [0.25, 0.3) is 0 Å². The third-order valence-corrected chi connectivity index (χ3v) is 3.50. The molecule has 0 fully saturated rings. The van der Waals surface area contributed by atoms with Crippen molar-refractivity contribution in [1.29, 1.82) is 0 Å². The Balaban J connectivity index is 3.55. The van der Waals surface area contributed by atoms with Gasteiger partial charge in [-0.1, -0.05) is 26.7 Å². The molecule has 0 aromatic carbocycles. The molecule has 0 saturated heterocycles. The summed E-state index contributed by atoms with van der Waals surface area (Å²) in [6, 6.07) is -0.325. The molecule has 1 unspecified atom stereocenters. The highest BCUT2D eigenvalue weighted by Gasteiger charge is 2.11. The molecule has 0 heterocycles. The van der Waals surface area contributed by atoms with E-state index in [1.807, 2.05) is 11.8 Å². The molecule has 0 rings (SSSR count). The van der Waals surface area contributed by atoms with Crippen molar-refractivity contribution in [2.45, 2.75) is 50.8 Å². The van der Waals surface area contributed by atoms with E-state index >= 15 is 0 Å². The van der Waals surface area contributed by atoms with Crippen molar-refractivity contribution in [3.63, 3.8) is 0 Å². The van der Waals surface area contributed by atoms with Crippen LogP contribution in [0.5, 0.6) is 0 Å². The van der Waals surface area contributed by atoms with Gasteiger partial charge in [-0.25, -0.2) is 0 Å². The van der Waals surface area contributed by atoms with Gasteiger partial charge in [-0.3, -0.25) is 4.79 Å². The zero-order valence-electron chi connectivity index (χ0n) is 10.1. The van der Waals surface area contributed by atoms with Crippen LogP contribution in [-0.4, -0.2) is 30.0 Å². The summed E-state index contributed by atoms with van der Waals surface area (Å²) < 4.78 is 0. The fraction of sp³-hybridized carbons (Fsp3) is 0.909. The van der Waals surface area contributed by atoms with E-state index in [4.69, 9.17) is 5.73 Å². The highest BCUT2D eigenvalue weighted by Crippen LogP contribution is 2.08. The molecule has 4 heteroatoms. The predicted molar refractivity (Wildman–Crippen MR) is 68.1 cm³/mol. The minimum Gasteiger partial charge on any atom is -0.355 e. The van der Waals surface area contributed by atoms with Gasteiger partial charge in [0.15, 0.2) is 0 Å². The van der Waals surface area contributed by atoms with Gasteiger partial charge in [0.2, 0.25) is 5.91 Å². The number of hydrogen-bond donors (Lipinski definition) is 2. The third kappa shape index (κ3) is 7.68. The Morgan fingerprint density at radius 2 is 2.13 bits per heavy atom. The molecule has 0 aliphatic rings. The SMILES string of the molecule is CCCC[C@H](N)C(=O)NCCC(C)SC. The summed E-state index contributed by atoms with van der Waals surface area (Å²) in [5.41, 5.74) is 5.74. The summed E-state index contributed by atoms with van der Waals surface area (Å²) >= 11 is 1.82. The summed E-state index contributed by atoms with van der Waals surface area (Å²) in [5, 5.41) is 3.47. The van der Waals surface area contributed by atoms with Crippen LogP contribution in [0.15, 0.2) is 0 Å². The molecule has 0 bridgehead atoms. The van der Waals surface area contributed by atoms with E-state index in [1.165, 1.54) is 0 Å². The normalized spacial score (nSPS) is 14.7.